The van der Waals surface area contributed by atoms with Crippen molar-refractivity contribution < 1.29 is 4.74 Å². The lowest BCUT2D eigenvalue weighted by Crippen LogP contribution is -2.49. The molecule has 0 aromatic rings. The fraction of sp³-hybridized carbons (Fsp3) is 1.00. The first-order valence-electron chi connectivity index (χ1n) is 7.16. The van der Waals surface area contributed by atoms with Crippen LogP contribution in [0.15, 0.2) is 0 Å². The fourth-order valence-electron chi connectivity index (χ4n) is 3.02. The molecule has 0 spiro atoms. The summed E-state index contributed by atoms with van der Waals surface area (Å²) in [5.41, 5.74) is 0.408. The van der Waals surface area contributed by atoms with Crippen molar-refractivity contribution in [2.45, 2.75) is 51.6 Å². The molecule has 0 bridgehead atoms. The third-order valence-corrected chi connectivity index (χ3v) is 4.43. The highest BCUT2D eigenvalue weighted by Gasteiger charge is 2.37. The number of hydrogen-bond donors (Lipinski definition) is 1. The van der Waals surface area contributed by atoms with Crippen molar-refractivity contribution in [2.24, 2.45) is 5.92 Å². The van der Waals surface area contributed by atoms with Gasteiger partial charge in [0, 0.05) is 31.3 Å². The van der Waals surface area contributed by atoms with Crippen LogP contribution in [0.2, 0.25) is 0 Å². The van der Waals surface area contributed by atoms with Gasteiger partial charge in [0.15, 0.2) is 0 Å². The number of likely N-dealkylation sites (tertiary alicyclic amines) is 1. The summed E-state index contributed by atoms with van der Waals surface area (Å²) in [4.78, 5) is 2.71. The van der Waals surface area contributed by atoms with E-state index in [1.165, 1.54) is 38.9 Å². The van der Waals surface area contributed by atoms with Gasteiger partial charge in [-0.15, -0.1) is 0 Å². The van der Waals surface area contributed by atoms with Gasteiger partial charge in [-0.25, -0.2) is 0 Å². The first-order valence-corrected chi connectivity index (χ1v) is 7.16. The Morgan fingerprint density at radius 1 is 1.35 bits per heavy atom. The summed E-state index contributed by atoms with van der Waals surface area (Å²) in [6.07, 6.45) is 3.77. The van der Waals surface area contributed by atoms with E-state index in [-0.39, 0.29) is 0 Å². The van der Waals surface area contributed by atoms with Crippen molar-refractivity contribution in [1.29, 1.82) is 0 Å². The maximum atomic E-state index is 5.49. The Labute approximate surface area is 106 Å². The van der Waals surface area contributed by atoms with Crippen LogP contribution in [0.5, 0.6) is 0 Å². The smallest absolute Gasteiger partial charge is 0.0483 e. The lowest BCUT2D eigenvalue weighted by atomic mass is 9.90. The first-order chi connectivity index (χ1) is 8.10. The normalized spacial score (nSPS) is 30.0. The predicted octanol–water partition coefficient (Wildman–Crippen LogP) is 1.88. The maximum Gasteiger partial charge on any atom is 0.0483 e. The van der Waals surface area contributed by atoms with Crippen molar-refractivity contribution in [3.8, 4) is 0 Å². The molecule has 1 unspecified atom stereocenters. The molecule has 0 saturated carbocycles. The molecule has 17 heavy (non-hydrogen) atoms. The van der Waals surface area contributed by atoms with Crippen LogP contribution < -0.4 is 5.32 Å². The zero-order valence-corrected chi connectivity index (χ0v) is 11.7. The molecule has 0 radical (unpaired) electrons. The summed E-state index contributed by atoms with van der Waals surface area (Å²) in [5.74, 6) is 0.845. The third-order valence-electron chi connectivity index (χ3n) is 4.43. The summed E-state index contributed by atoms with van der Waals surface area (Å²) < 4.78 is 5.49. The van der Waals surface area contributed by atoms with Crippen LogP contribution in [-0.2, 0) is 4.74 Å². The Hall–Kier alpha value is -0.120. The van der Waals surface area contributed by atoms with Gasteiger partial charge in [0.1, 0.15) is 0 Å². The van der Waals surface area contributed by atoms with Gasteiger partial charge >= 0.3 is 0 Å². The molecule has 2 rings (SSSR count). The number of hydrogen-bond acceptors (Lipinski definition) is 3. The Bertz CT molecular complexity index is 236. The van der Waals surface area contributed by atoms with E-state index < -0.39 is 0 Å². The Kier molecular flexibility index (Phi) is 4.45. The quantitative estimate of drug-likeness (QED) is 0.812. The molecule has 0 aromatic carbocycles. The average molecular weight is 240 g/mol. The number of nitrogens with zero attached hydrogens (tertiary/aromatic N) is 1. The average Bonchev–Trinajstić information content (AvgIpc) is 2.76. The predicted molar refractivity (Wildman–Crippen MR) is 71.3 cm³/mol. The molecule has 1 atom stereocenters. The Morgan fingerprint density at radius 2 is 2.06 bits per heavy atom. The van der Waals surface area contributed by atoms with Crippen LogP contribution >= 0.6 is 0 Å². The van der Waals surface area contributed by atoms with Crippen molar-refractivity contribution in [1.82, 2.24) is 10.2 Å². The maximum absolute atomic E-state index is 5.49. The molecule has 2 saturated heterocycles. The minimum absolute atomic E-state index is 0.408. The summed E-state index contributed by atoms with van der Waals surface area (Å²) in [5, 5.41) is 3.57. The molecule has 0 aromatic heterocycles. The van der Waals surface area contributed by atoms with Gasteiger partial charge in [-0.3, -0.25) is 4.90 Å². The molecular weight excluding hydrogens is 212 g/mol. The van der Waals surface area contributed by atoms with Gasteiger partial charge < -0.3 is 10.1 Å². The van der Waals surface area contributed by atoms with E-state index in [1.807, 2.05) is 0 Å². The lowest BCUT2D eigenvalue weighted by Gasteiger charge is -2.42. The van der Waals surface area contributed by atoms with E-state index in [1.54, 1.807) is 0 Å². The van der Waals surface area contributed by atoms with E-state index in [0.717, 1.165) is 19.1 Å². The summed E-state index contributed by atoms with van der Waals surface area (Å²) in [7, 11) is 0. The lowest BCUT2D eigenvalue weighted by molar-refractivity contribution is -0.0103. The number of nitrogens with one attached hydrogen (secondary N) is 1. The van der Waals surface area contributed by atoms with E-state index in [4.69, 9.17) is 4.74 Å². The van der Waals surface area contributed by atoms with Gasteiger partial charge in [-0.05, 0) is 45.2 Å². The molecule has 0 amide bonds. The van der Waals surface area contributed by atoms with Crippen molar-refractivity contribution in [3.05, 3.63) is 0 Å². The van der Waals surface area contributed by atoms with Crippen LogP contribution in [0.4, 0.5) is 0 Å². The minimum atomic E-state index is 0.408. The highest BCUT2D eigenvalue weighted by atomic mass is 16.5. The summed E-state index contributed by atoms with van der Waals surface area (Å²) in [6, 6.07) is 0.614. The number of ether oxygens (including phenoxy) is 1. The van der Waals surface area contributed by atoms with E-state index in [9.17, 15) is 0 Å². The van der Waals surface area contributed by atoms with Crippen LogP contribution in [-0.4, -0.2) is 49.3 Å². The second kappa shape index (κ2) is 5.68. The molecule has 1 N–H and O–H groups in total. The van der Waals surface area contributed by atoms with Crippen molar-refractivity contribution in [2.75, 3.05) is 32.8 Å². The molecule has 2 fully saturated rings. The van der Waals surface area contributed by atoms with E-state index in [2.05, 4.69) is 31.0 Å². The zero-order valence-electron chi connectivity index (χ0n) is 11.7. The molecule has 3 nitrogen and oxygen atoms in total. The standard InChI is InChI=1S/C14H28N2O/c1-12(2)15-10-13-4-7-16(11-13)14(3)5-8-17-9-6-14/h12-13,15H,4-11H2,1-3H3. The SMILES string of the molecule is CC(C)NCC1CCN(C2(C)CCOCC2)C1. The molecule has 0 aliphatic carbocycles. The second-order valence-electron chi connectivity index (χ2n) is 6.27. The summed E-state index contributed by atoms with van der Waals surface area (Å²) >= 11 is 0. The summed E-state index contributed by atoms with van der Waals surface area (Å²) in [6.45, 7) is 12.5. The van der Waals surface area contributed by atoms with Crippen molar-refractivity contribution in [3.63, 3.8) is 0 Å². The van der Waals surface area contributed by atoms with Crippen LogP contribution in [0.3, 0.4) is 0 Å². The van der Waals surface area contributed by atoms with Gasteiger partial charge in [-0.1, -0.05) is 13.8 Å². The first kappa shape index (κ1) is 13.3. The van der Waals surface area contributed by atoms with E-state index >= 15 is 0 Å². The van der Waals surface area contributed by atoms with E-state index in [0.29, 0.717) is 11.6 Å². The van der Waals surface area contributed by atoms with Crippen LogP contribution in [0.1, 0.15) is 40.0 Å². The van der Waals surface area contributed by atoms with Crippen LogP contribution in [0.25, 0.3) is 0 Å². The largest absolute Gasteiger partial charge is 0.381 e. The molecule has 2 aliphatic rings. The zero-order chi connectivity index (χ0) is 12.3. The van der Waals surface area contributed by atoms with Gasteiger partial charge in [0.05, 0.1) is 0 Å². The monoisotopic (exact) mass is 240 g/mol. The molecule has 100 valence electrons. The second-order valence-corrected chi connectivity index (χ2v) is 6.27. The Balaban J connectivity index is 1.80. The fourth-order valence-corrected chi connectivity index (χ4v) is 3.02. The molecule has 3 heteroatoms. The van der Waals surface area contributed by atoms with Crippen molar-refractivity contribution >= 4 is 0 Å². The third kappa shape index (κ3) is 3.43. The minimum Gasteiger partial charge on any atom is -0.381 e. The molecule has 2 heterocycles. The Morgan fingerprint density at radius 3 is 2.71 bits per heavy atom. The highest BCUT2D eigenvalue weighted by molar-refractivity contribution is 4.93. The van der Waals surface area contributed by atoms with Crippen LogP contribution in [0, 0.1) is 5.92 Å². The highest BCUT2D eigenvalue weighted by Crippen LogP contribution is 2.32. The van der Waals surface area contributed by atoms with Gasteiger partial charge in [0.25, 0.3) is 0 Å². The number of rotatable bonds is 4. The molecular formula is C14H28N2O. The molecule has 2 aliphatic heterocycles. The van der Waals surface area contributed by atoms with Gasteiger partial charge in [0.2, 0.25) is 0 Å². The topological polar surface area (TPSA) is 24.5 Å². The van der Waals surface area contributed by atoms with Gasteiger partial charge in [-0.2, -0.15) is 0 Å².